The maximum atomic E-state index is 5.98. The predicted octanol–water partition coefficient (Wildman–Crippen LogP) is 4.43. The van der Waals surface area contributed by atoms with Crippen LogP contribution in [0, 0.1) is 5.92 Å². The van der Waals surface area contributed by atoms with Gasteiger partial charge in [-0.2, -0.15) is 5.10 Å². The van der Waals surface area contributed by atoms with Gasteiger partial charge in [0, 0.05) is 30.4 Å². The molecular weight excluding hydrogens is 282 g/mol. The molecule has 2 aromatic rings. The van der Waals surface area contributed by atoms with E-state index in [-0.39, 0.29) is 0 Å². The summed E-state index contributed by atoms with van der Waals surface area (Å²) in [4.78, 5) is 0. The number of rotatable bonds is 7. The molecule has 0 fully saturated rings. The second-order valence-corrected chi connectivity index (χ2v) is 6.14. The third-order valence-electron chi connectivity index (χ3n) is 3.64. The highest BCUT2D eigenvalue weighted by Crippen LogP contribution is 2.23. The van der Waals surface area contributed by atoms with E-state index >= 15 is 0 Å². The molecule has 2 rings (SSSR count). The first-order valence-corrected chi connectivity index (χ1v) is 7.99. The van der Waals surface area contributed by atoms with Gasteiger partial charge < -0.3 is 5.32 Å². The molecule has 4 heteroatoms. The van der Waals surface area contributed by atoms with E-state index in [0.717, 1.165) is 24.5 Å². The summed E-state index contributed by atoms with van der Waals surface area (Å²) in [6.07, 6.45) is 2.97. The smallest absolute Gasteiger partial charge is 0.0522 e. The Morgan fingerprint density at radius 2 is 1.90 bits per heavy atom. The molecule has 1 unspecified atom stereocenters. The topological polar surface area (TPSA) is 29.9 Å². The molecule has 0 aliphatic carbocycles. The molecule has 0 amide bonds. The normalized spacial score (nSPS) is 12.8. The fourth-order valence-corrected chi connectivity index (χ4v) is 2.67. The number of nitrogens with zero attached hydrogens (tertiary/aromatic N) is 2. The van der Waals surface area contributed by atoms with Gasteiger partial charge in [0.25, 0.3) is 0 Å². The summed E-state index contributed by atoms with van der Waals surface area (Å²) < 4.78 is 2.08. The fourth-order valence-electron chi connectivity index (χ4n) is 2.55. The maximum Gasteiger partial charge on any atom is 0.0522 e. The van der Waals surface area contributed by atoms with E-state index < -0.39 is 0 Å². The molecule has 1 heterocycles. The molecule has 0 bridgehead atoms. The lowest BCUT2D eigenvalue weighted by atomic mass is 9.96. The molecule has 1 N–H and O–H groups in total. The van der Waals surface area contributed by atoms with Crippen molar-refractivity contribution in [1.82, 2.24) is 15.1 Å². The molecule has 3 nitrogen and oxygen atoms in total. The van der Waals surface area contributed by atoms with Crippen LogP contribution in [0.5, 0.6) is 0 Å². The van der Waals surface area contributed by atoms with Crippen LogP contribution in [0.25, 0.3) is 0 Å². The van der Waals surface area contributed by atoms with Gasteiger partial charge in [0.05, 0.1) is 5.69 Å². The van der Waals surface area contributed by atoms with E-state index in [9.17, 15) is 0 Å². The van der Waals surface area contributed by atoms with E-state index in [1.54, 1.807) is 0 Å². The van der Waals surface area contributed by atoms with Crippen molar-refractivity contribution in [2.24, 2.45) is 5.92 Å². The van der Waals surface area contributed by atoms with E-state index in [1.165, 1.54) is 11.3 Å². The molecule has 0 radical (unpaired) electrons. The summed E-state index contributed by atoms with van der Waals surface area (Å²) >= 11 is 5.98. The zero-order valence-electron chi connectivity index (χ0n) is 13.0. The Bertz CT molecular complexity index is 545. The lowest BCUT2D eigenvalue weighted by molar-refractivity contribution is 0.401. The van der Waals surface area contributed by atoms with Crippen molar-refractivity contribution in [3.05, 3.63) is 52.8 Å². The number of aromatic nitrogens is 2. The molecule has 114 valence electrons. The van der Waals surface area contributed by atoms with Crippen LogP contribution < -0.4 is 5.32 Å². The molecule has 1 aromatic carbocycles. The molecule has 1 aromatic heterocycles. The van der Waals surface area contributed by atoms with Crippen molar-refractivity contribution in [2.45, 2.75) is 46.3 Å². The van der Waals surface area contributed by atoms with Gasteiger partial charge in [0.15, 0.2) is 0 Å². The fraction of sp³-hybridized carbons (Fsp3) is 0.471. The SMILES string of the molecule is CCCn1nccc1CNC(c1ccc(Cl)cc1)C(C)C. The maximum absolute atomic E-state index is 5.98. The third kappa shape index (κ3) is 4.32. The van der Waals surface area contributed by atoms with Crippen molar-refractivity contribution in [3.63, 3.8) is 0 Å². The van der Waals surface area contributed by atoms with Crippen LogP contribution in [-0.2, 0) is 13.1 Å². The largest absolute Gasteiger partial charge is 0.304 e. The van der Waals surface area contributed by atoms with Gasteiger partial charge in [0.2, 0.25) is 0 Å². The first kappa shape index (κ1) is 16.1. The number of hydrogen-bond acceptors (Lipinski definition) is 2. The van der Waals surface area contributed by atoms with Crippen molar-refractivity contribution < 1.29 is 0 Å². The Balaban J connectivity index is 2.06. The molecular formula is C17H24ClN3. The van der Waals surface area contributed by atoms with Crippen LogP contribution >= 0.6 is 11.6 Å². The van der Waals surface area contributed by atoms with Crippen LogP contribution in [0.15, 0.2) is 36.5 Å². The predicted molar refractivity (Wildman–Crippen MR) is 88.4 cm³/mol. The van der Waals surface area contributed by atoms with Crippen molar-refractivity contribution >= 4 is 11.6 Å². The van der Waals surface area contributed by atoms with Gasteiger partial charge in [0.1, 0.15) is 0 Å². The summed E-state index contributed by atoms with van der Waals surface area (Å²) in [5.74, 6) is 0.508. The van der Waals surface area contributed by atoms with Gasteiger partial charge in [-0.1, -0.05) is 44.5 Å². The highest BCUT2D eigenvalue weighted by molar-refractivity contribution is 6.30. The van der Waals surface area contributed by atoms with Gasteiger partial charge >= 0.3 is 0 Å². The lowest BCUT2D eigenvalue weighted by Gasteiger charge is -2.23. The molecule has 0 saturated carbocycles. The Morgan fingerprint density at radius 3 is 2.52 bits per heavy atom. The Hall–Kier alpha value is -1.32. The van der Waals surface area contributed by atoms with Gasteiger partial charge in [-0.3, -0.25) is 4.68 Å². The quantitative estimate of drug-likeness (QED) is 0.820. The second kappa shape index (κ2) is 7.62. The van der Waals surface area contributed by atoms with Crippen LogP contribution in [0.1, 0.15) is 44.5 Å². The number of hydrogen-bond donors (Lipinski definition) is 1. The summed E-state index contributed by atoms with van der Waals surface area (Å²) in [7, 11) is 0. The summed E-state index contributed by atoms with van der Waals surface area (Å²) in [5, 5.41) is 8.80. The second-order valence-electron chi connectivity index (χ2n) is 5.70. The standard InChI is InChI=1S/C17H24ClN3/c1-4-11-21-16(9-10-20-21)12-19-17(13(2)3)14-5-7-15(18)8-6-14/h5-10,13,17,19H,4,11-12H2,1-3H3. The minimum Gasteiger partial charge on any atom is -0.304 e. The Kier molecular flexibility index (Phi) is 5.83. The molecule has 0 aliphatic rings. The third-order valence-corrected chi connectivity index (χ3v) is 3.89. The van der Waals surface area contributed by atoms with Crippen molar-refractivity contribution in [1.29, 1.82) is 0 Å². The zero-order chi connectivity index (χ0) is 15.2. The van der Waals surface area contributed by atoms with Crippen LogP contribution in [0.2, 0.25) is 5.02 Å². The van der Waals surface area contributed by atoms with Crippen LogP contribution in [-0.4, -0.2) is 9.78 Å². The zero-order valence-corrected chi connectivity index (χ0v) is 13.8. The van der Waals surface area contributed by atoms with Gasteiger partial charge in [-0.15, -0.1) is 0 Å². The first-order chi connectivity index (χ1) is 10.1. The molecule has 0 aliphatic heterocycles. The molecule has 1 atom stereocenters. The number of nitrogens with one attached hydrogen (secondary N) is 1. The molecule has 21 heavy (non-hydrogen) atoms. The Morgan fingerprint density at radius 1 is 1.19 bits per heavy atom. The van der Waals surface area contributed by atoms with E-state index in [2.05, 4.69) is 54.1 Å². The highest BCUT2D eigenvalue weighted by Gasteiger charge is 2.16. The van der Waals surface area contributed by atoms with Crippen molar-refractivity contribution in [3.8, 4) is 0 Å². The summed E-state index contributed by atoms with van der Waals surface area (Å²) in [6.45, 7) is 8.43. The molecule has 0 spiro atoms. The minimum absolute atomic E-state index is 0.312. The Labute approximate surface area is 132 Å². The van der Waals surface area contributed by atoms with E-state index in [4.69, 9.17) is 11.6 Å². The molecule has 0 saturated heterocycles. The van der Waals surface area contributed by atoms with Gasteiger partial charge in [-0.25, -0.2) is 0 Å². The highest BCUT2D eigenvalue weighted by atomic mass is 35.5. The summed E-state index contributed by atoms with van der Waals surface area (Å²) in [5.41, 5.74) is 2.51. The monoisotopic (exact) mass is 305 g/mol. The van der Waals surface area contributed by atoms with E-state index in [1.807, 2.05) is 18.3 Å². The average Bonchev–Trinajstić information content (AvgIpc) is 2.89. The van der Waals surface area contributed by atoms with Crippen LogP contribution in [0.4, 0.5) is 0 Å². The van der Waals surface area contributed by atoms with Gasteiger partial charge in [-0.05, 0) is 36.1 Å². The first-order valence-electron chi connectivity index (χ1n) is 7.61. The summed E-state index contributed by atoms with van der Waals surface area (Å²) in [6, 6.07) is 10.5. The van der Waals surface area contributed by atoms with E-state index in [0.29, 0.717) is 12.0 Å². The number of halogens is 1. The lowest BCUT2D eigenvalue weighted by Crippen LogP contribution is -2.26. The van der Waals surface area contributed by atoms with Crippen molar-refractivity contribution in [2.75, 3.05) is 0 Å². The number of benzene rings is 1. The number of aryl methyl sites for hydroxylation is 1. The minimum atomic E-state index is 0.312. The van der Waals surface area contributed by atoms with Crippen LogP contribution in [0.3, 0.4) is 0 Å². The average molecular weight is 306 g/mol.